The van der Waals surface area contributed by atoms with E-state index < -0.39 is 5.41 Å². The number of amides is 2. The van der Waals surface area contributed by atoms with Gasteiger partial charge >= 0.3 is 0 Å². The SMILES string of the molecule is O=C1NC(=NC2CC2)NC(=O)C12CCCC2. The van der Waals surface area contributed by atoms with Gasteiger partial charge in [0.25, 0.3) is 0 Å². The molecule has 2 N–H and O–H groups in total. The third kappa shape index (κ3) is 1.42. The molecule has 5 nitrogen and oxygen atoms in total. The van der Waals surface area contributed by atoms with Gasteiger partial charge < -0.3 is 0 Å². The van der Waals surface area contributed by atoms with Crippen molar-refractivity contribution < 1.29 is 9.59 Å². The van der Waals surface area contributed by atoms with E-state index in [4.69, 9.17) is 0 Å². The number of hydrogen-bond acceptors (Lipinski definition) is 3. The number of nitrogens with zero attached hydrogens (tertiary/aromatic N) is 1. The highest BCUT2D eigenvalue weighted by Crippen LogP contribution is 2.39. The average Bonchev–Trinajstić information content (AvgIpc) is 2.92. The third-order valence-electron chi connectivity index (χ3n) is 3.65. The lowest BCUT2D eigenvalue weighted by Crippen LogP contribution is -2.62. The molecule has 3 aliphatic rings. The normalized spacial score (nSPS) is 27.9. The van der Waals surface area contributed by atoms with Crippen molar-refractivity contribution in [1.29, 1.82) is 0 Å². The highest BCUT2D eigenvalue weighted by Gasteiger charge is 2.51. The van der Waals surface area contributed by atoms with Gasteiger partial charge in [-0.1, -0.05) is 12.8 Å². The van der Waals surface area contributed by atoms with Gasteiger partial charge in [0.05, 0.1) is 6.04 Å². The van der Waals surface area contributed by atoms with Gasteiger partial charge in [-0.05, 0) is 25.7 Å². The smallest absolute Gasteiger partial charge is 0.242 e. The molecule has 1 heterocycles. The van der Waals surface area contributed by atoms with E-state index in [1.54, 1.807) is 0 Å². The summed E-state index contributed by atoms with van der Waals surface area (Å²) in [6.07, 6.45) is 5.36. The Morgan fingerprint density at radius 3 is 2.12 bits per heavy atom. The first-order chi connectivity index (χ1) is 7.71. The molecule has 16 heavy (non-hydrogen) atoms. The number of carbonyl (C=O) groups is 2. The molecule has 2 aliphatic carbocycles. The molecule has 0 radical (unpaired) electrons. The molecule has 0 bridgehead atoms. The van der Waals surface area contributed by atoms with Crippen LogP contribution in [-0.4, -0.2) is 23.8 Å². The lowest BCUT2D eigenvalue weighted by Gasteiger charge is -2.31. The van der Waals surface area contributed by atoms with Gasteiger partial charge in [-0.3, -0.25) is 20.2 Å². The summed E-state index contributed by atoms with van der Waals surface area (Å²) < 4.78 is 0. The Labute approximate surface area is 93.7 Å². The Hall–Kier alpha value is -1.39. The zero-order valence-electron chi connectivity index (χ0n) is 9.08. The van der Waals surface area contributed by atoms with Crippen LogP contribution < -0.4 is 10.6 Å². The van der Waals surface area contributed by atoms with Gasteiger partial charge in [0.15, 0.2) is 0 Å². The van der Waals surface area contributed by atoms with Crippen molar-refractivity contribution in [2.24, 2.45) is 10.4 Å². The van der Waals surface area contributed by atoms with Crippen molar-refractivity contribution in [2.45, 2.75) is 44.6 Å². The van der Waals surface area contributed by atoms with Crippen LogP contribution in [0, 0.1) is 5.41 Å². The van der Waals surface area contributed by atoms with E-state index in [1.807, 2.05) is 0 Å². The molecular formula is C11H15N3O2. The van der Waals surface area contributed by atoms with Crippen molar-refractivity contribution in [3.05, 3.63) is 0 Å². The van der Waals surface area contributed by atoms with Crippen LogP contribution in [0.1, 0.15) is 38.5 Å². The van der Waals surface area contributed by atoms with E-state index in [9.17, 15) is 9.59 Å². The Morgan fingerprint density at radius 2 is 1.62 bits per heavy atom. The maximum absolute atomic E-state index is 12.0. The number of guanidine groups is 1. The topological polar surface area (TPSA) is 70.6 Å². The maximum Gasteiger partial charge on any atom is 0.242 e. The van der Waals surface area contributed by atoms with Crippen LogP contribution in [0.2, 0.25) is 0 Å². The summed E-state index contributed by atoms with van der Waals surface area (Å²) in [7, 11) is 0. The molecule has 0 aromatic heterocycles. The quantitative estimate of drug-likeness (QED) is 0.626. The van der Waals surface area contributed by atoms with E-state index >= 15 is 0 Å². The molecule has 3 fully saturated rings. The third-order valence-corrected chi connectivity index (χ3v) is 3.65. The van der Waals surface area contributed by atoms with Crippen LogP contribution in [0.4, 0.5) is 0 Å². The number of nitrogens with one attached hydrogen (secondary N) is 2. The molecule has 1 spiro atoms. The van der Waals surface area contributed by atoms with Gasteiger partial charge in [-0.15, -0.1) is 0 Å². The van der Waals surface area contributed by atoms with Crippen molar-refractivity contribution in [3.63, 3.8) is 0 Å². The Morgan fingerprint density at radius 1 is 1.06 bits per heavy atom. The first-order valence-corrected chi connectivity index (χ1v) is 5.91. The molecule has 86 valence electrons. The highest BCUT2D eigenvalue weighted by molar-refractivity contribution is 6.20. The van der Waals surface area contributed by atoms with E-state index in [2.05, 4.69) is 15.6 Å². The Balaban J connectivity index is 1.82. The first-order valence-electron chi connectivity index (χ1n) is 5.91. The minimum atomic E-state index is -0.803. The highest BCUT2D eigenvalue weighted by atomic mass is 16.2. The van der Waals surface area contributed by atoms with Crippen LogP contribution >= 0.6 is 0 Å². The monoisotopic (exact) mass is 221 g/mol. The molecule has 2 amide bonds. The van der Waals surface area contributed by atoms with Crippen molar-refractivity contribution in [1.82, 2.24) is 10.6 Å². The second-order valence-corrected chi connectivity index (χ2v) is 4.91. The second-order valence-electron chi connectivity index (χ2n) is 4.91. The van der Waals surface area contributed by atoms with Crippen molar-refractivity contribution in [2.75, 3.05) is 0 Å². The molecule has 0 aromatic carbocycles. The van der Waals surface area contributed by atoms with Gasteiger partial charge in [-0.25, -0.2) is 4.99 Å². The standard InChI is InChI=1S/C11H15N3O2/c15-8-11(5-1-2-6-11)9(16)14-10(13-8)12-7-3-4-7/h7H,1-6H2,(H2,12,13,14,15,16). The Kier molecular flexibility index (Phi) is 2.02. The number of rotatable bonds is 1. The fourth-order valence-corrected chi connectivity index (χ4v) is 2.47. The Bertz CT molecular complexity index is 357. The minimum Gasteiger partial charge on any atom is -0.295 e. The molecule has 1 saturated heterocycles. The largest absolute Gasteiger partial charge is 0.295 e. The minimum absolute atomic E-state index is 0.159. The average molecular weight is 221 g/mol. The van der Waals surface area contributed by atoms with Crippen LogP contribution in [-0.2, 0) is 9.59 Å². The maximum atomic E-state index is 12.0. The second kappa shape index (κ2) is 3.30. The molecule has 3 rings (SSSR count). The molecule has 1 aliphatic heterocycles. The number of carbonyl (C=O) groups excluding carboxylic acids is 2. The van der Waals surface area contributed by atoms with Crippen LogP contribution in [0.5, 0.6) is 0 Å². The lowest BCUT2D eigenvalue weighted by atomic mass is 9.83. The van der Waals surface area contributed by atoms with E-state index in [1.165, 1.54) is 0 Å². The lowest BCUT2D eigenvalue weighted by molar-refractivity contribution is -0.143. The zero-order valence-corrected chi connectivity index (χ0v) is 9.08. The summed E-state index contributed by atoms with van der Waals surface area (Å²) >= 11 is 0. The van der Waals surface area contributed by atoms with E-state index in [0.717, 1.165) is 25.7 Å². The van der Waals surface area contributed by atoms with Gasteiger partial charge in [-0.2, -0.15) is 0 Å². The van der Waals surface area contributed by atoms with Crippen LogP contribution in [0.25, 0.3) is 0 Å². The van der Waals surface area contributed by atoms with Gasteiger partial charge in [0.1, 0.15) is 5.41 Å². The van der Waals surface area contributed by atoms with Gasteiger partial charge in [0.2, 0.25) is 17.8 Å². The predicted octanol–water partition coefficient (Wildman–Crippen LogP) is 0.311. The van der Waals surface area contributed by atoms with Crippen LogP contribution in [0.3, 0.4) is 0 Å². The van der Waals surface area contributed by atoms with Crippen molar-refractivity contribution in [3.8, 4) is 0 Å². The van der Waals surface area contributed by atoms with E-state index in [0.29, 0.717) is 24.8 Å². The molecule has 0 atom stereocenters. The summed E-state index contributed by atoms with van der Waals surface area (Å²) in [4.78, 5) is 28.2. The summed E-state index contributed by atoms with van der Waals surface area (Å²) in [6, 6.07) is 0.299. The molecule has 5 heteroatoms. The predicted molar refractivity (Wildman–Crippen MR) is 57.6 cm³/mol. The number of hydrogen-bond donors (Lipinski definition) is 2. The van der Waals surface area contributed by atoms with Crippen molar-refractivity contribution >= 4 is 17.8 Å². The molecule has 0 unspecified atom stereocenters. The first kappa shape index (κ1) is 9.81. The zero-order chi connectivity index (χ0) is 11.2. The fraction of sp³-hybridized carbons (Fsp3) is 0.727. The summed E-state index contributed by atoms with van der Waals surface area (Å²) in [5.74, 6) is 0.0383. The van der Waals surface area contributed by atoms with Crippen LogP contribution in [0.15, 0.2) is 4.99 Å². The fourth-order valence-electron chi connectivity index (χ4n) is 2.47. The number of aliphatic imine (C=N–C) groups is 1. The molecule has 0 aromatic rings. The summed E-state index contributed by atoms with van der Waals surface area (Å²) in [5.41, 5.74) is -0.803. The van der Waals surface area contributed by atoms with E-state index in [-0.39, 0.29) is 11.8 Å². The van der Waals surface area contributed by atoms with Gasteiger partial charge in [0, 0.05) is 0 Å². The summed E-state index contributed by atoms with van der Waals surface area (Å²) in [5, 5.41) is 5.46. The molecule has 2 saturated carbocycles. The molecular weight excluding hydrogens is 206 g/mol. The summed E-state index contributed by atoms with van der Waals surface area (Å²) in [6.45, 7) is 0.